The van der Waals surface area contributed by atoms with Gasteiger partial charge in [0, 0.05) is 42.7 Å². The number of aromatic amines is 1. The standard InChI is InChI=1S/C26H25FN6O3/c1-35-25-16(27)4-2-5-18(25)32-24-22-17(8-10-29-26(22)34)31-23(24)15-7-9-28-12-21(15)36-13-19-20-6-3-11-33(20)14-30-19/h2,4-5,7,9,12,14,31-32H,3,6,8,10-11,13H2,1H3,(H,29,34). The summed E-state index contributed by atoms with van der Waals surface area (Å²) >= 11 is 0. The van der Waals surface area contributed by atoms with Crippen molar-refractivity contribution < 1.29 is 18.7 Å². The number of imidazole rings is 1. The lowest BCUT2D eigenvalue weighted by molar-refractivity contribution is 0.0947. The quantitative estimate of drug-likeness (QED) is 0.364. The van der Waals surface area contributed by atoms with E-state index < -0.39 is 5.82 Å². The summed E-state index contributed by atoms with van der Waals surface area (Å²) in [5.74, 6) is -0.0971. The van der Waals surface area contributed by atoms with Crippen LogP contribution in [0.1, 0.15) is 33.9 Å². The number of anilines is 2. The van der Waals surface area contributed by atoms with Crippen LogP contribution in [0.4, 0.5) is 15.8 Å². The molecule has 2 aliphatic heterocycles. The van der Waals surface area contributed by atoms with Gasteiger partial charge in [0.15, 0.2) is 11.6 Å². The number of para-hydroxylation sites is 1. The Bertz CT molecular complexity index is 1460. The van der Waals surface area contributed by atoms with Gasteiger partial charge in [-0.25, -0.2) is 9.37 Å². The van der Waals surface area contributed by atoms with Crippen molar-refractivity contribution in [1.82, 2.24) is 24.8 Å². The van der Waals surface area contributed by atoms with E-state index in [4.69, 9.17) is 9.47 Å². The molecule has 0 unspecified atom stereocenters. The zero-order valence-corrected chi connectivity index (χ0v) is 19.7. The lowest BCUT2D eigenvalue weighted by atomic mass is 10.0. The van der Waals surface area contributed by atoms with Gasteiger partial charge in [-0.1, -0.05) is 6.07 Å². The molecule has 9 nitrogen and oxygen atoms in total. The van der Waals surface area contributed by atoms with Crippen LogP contribution in [0.3, 0.4) is 0 Å². The molecule has 1 amide bonds. The number of carbonyl (C=O) groups is 1. The maximum Gasteiger partial charge on any atom is 0.255 e. The van der Waals surface area contributed by atoms with Crippen LogP contribution in [0.15, 0.2) is 43.0 Å². The van der Waals surface area contributed by atoms with Gasteiger partial charge in [-0.3, -0.25) is 9.78 Å². The number of nitrogens with one attached hydrogen (secondary N) is 3. The van der Waals surface area contributed by atoms with E-state index in [1.807, 2.05) is 12.4 Å². The molecular formula is C26H25FN6O3. The van der Waals surface area contributed by atoms with Gasteiger partial charge in [0.05, 0.1) is 48.0 Å². The molecule has 10 heteroatoms. The molecule has 4 aromatic rings. The molecule has 0 saturated carbocycles. The molecule has 6 rings (SSSR count). The number of hydrogen-bond acceptors (Lipinski definition) is 6. The van der Waals surface area contributed by atoms with Crippen LogP contribution in [0, 0.1) is 5.82 Å². The smallest absolute Gasteiger partial charge is 0.255 e. The Kier molecular flexibility index (Phi) is 5.55. The molecule has 0 spiro atoms. The highest BCUT2D eigenvalue weighted by Gasteiger charge is 2.29. The minimum Gasteiger partial charge on any atom is -0.492 e. The number of aryl methyl sites for hydroxylation is 1. The second-order valence-electron chi connectivity index (χ2n) is 8.78. The number of fused-ring (bicyclic) bond motifs is 2. The van der Waals surface area contributed by atoms with E-state index in [2.05, 4.69) is 30.2 Å². The number of H-pyrrole nitrogens is 1. The Hall–Kier alpha value is -4.34. The van der Waals surface area contributed by atoms with Crippen molar-refractivity contribution in [1.29, 1.82) is 0 Å². The molecular weight excluding hydrogens is 463 g/mol. The summed E-state index contributed by atoms with van der Waals surface area (Å²) in [5, 5.41) is 6.14. The molecule has 36 heavy (non-hydrogen) atoms. The highest BCUT2D eigenvalue weighted by atomic mass is 19.1. The molecule has 0 radical (unpaired) electrons. The number of rotatable bonds is 7. The molecule has 1 aromatic carbocycles. The Labute approximate surface area is 206 Å². The molecule has 3 aromatic heterocycles. The van der Waals surface area contributed by atoms with Crippen molar-refractivity contribution in [2.75, 3.05) is 19.0 Å². The molecule has 3 N–H and O–H groups in total. The molecule has 0 fully saturated rings. The zero-order valence-electron chi connectivity index (χ0n) is 19.7. The number of aromatic nitrogens is 4. The number of pyridine rings is 1. The fraction of sp³-hybridized carbons (Fsp3) is 0.269. The molecule has 184 valence electrons. The predicted octanol–water partition coefficient (Wildman–Crippen LogP) is 3.98. The summed E-state index contributed by atoms with van der Waals surface area (Å²) in [6.07, 6.45) is 7.91. The van der Waals surface area contributed by atoms with Gasteiger partial charge in [-0.05, 0) is 31.0 Å². The van der Waals surface area contributed by atoms with Crippen molar-refractivity contribution in [2.24, 2.45) is 0 Å². The van der Waals surface area contributed by atoms with Crippen molar-refractivity contribution >= 4 is 17.3 Å². The highest BCUT2D eigenvalue weighted by Crippen LogP contribution is 2.42. The number of methoxy groups -OCH3 is 1. The van der Waals surface area contributed by atoms with Gasteiger partial charge in [-0.2, -0.15) is 0 Å². The van der Waals surface area contributed by atoms with Gasteiger partial charge in [0.25, 0.3) is 5.91 Å². The topological polar surface area (TPSA) is 106 Å². The van der Waals surface area contributed by atoms with Crippen LogP contribution in [0.2, 0.25) is 0 Å². The minimum atomic E-state index is -0.501. The summed E-state index contributed by atoms with van der Waals surface area (Å²) in [7, 11) is 1.41. The Morgan fingerprint density at radius 1 is 1.25 bits per heavy atom. The lowest BCUT2D eigenvalue weighted by Crippen LogP contribution is -2.31. The van der Waals surface area contributed by atoms with E-state index in [0.717, 1.165) is 36.3 Å². The van der Waals surface area contributed by atoms with Gasteiger partial charge in [-0.15, -0.1) is 0 Å². The molecule has 0 aliphatic carbocycles. The van der Waals surface area contributed by atoms with Gasteiger partial charge in [0.1, 0.15) is 12.4 Å². The third-order valence-electron chi connectivity index (χ3n) is 6.66. The van der Waals surface area contributed by atoms with Crippen LogP contribution >= 0.6 is 0 Å². The molecule has 0 saturated heterocycles. The maximum atomic E-state index is 14.4. The molecule has 2 aliphatic rings. The van der Waals surface area contributed by atoms with E-state index in [1.54, 1.807) is 24.5 Å². The van der Waals surface area contributed by atoms with Crippen molar-refractivity contribution in [3.63, 3.8) is 0 Å². The number of benzene rings is 1. The number of amides is 1. The summed E-state index contributed by atoms with van der Waals surface area (Å²) in [6, 6.07) is 6.44. The summed E-state index contributed by atoms with van der Waals surface area (Å²) < 4.78 is 28.1. The summed E-state index contributed by atoms with van der Waals surface area (Å²) in [4.78, 5) is 25.1. The highest BCUT2D eigenvalue weighted by molar-refractivity contribution is 6.06. The average molecular weight is 489 g/mol. The number of hydrogen-bond donors (Lipinski definition) is 3. The largest absolute Gasteiger partial charge is 0.492 e. The fourth-order valence-corrected chi connectivity index (χ4v) is 4.97. The minimum absolute atomic E-state index is 0.0643. The van der Waals surface area contributed by atoms with E-state index in [-0.39, 0.29) is 11.7 Å². The van der Waals surface area contributed by atoms with Gasteiger partial charge < -0.3 is 29.7 Å². The fourth-order valence-electron chi connectivity index (χ4n) is 4.97. The van der Waals surface area contributed by atoms with Crippen LogP contribution in [0.5, 0.6) is 11.5 Å². The maximum absolute atomic E-state index is 14.4. The summed E-state index contributed by atoms with van der Waals surface area (Å²) in [5.41, 5.74) is 5.69. The molecule has 0 atom stereocenters. The first-order valence-corrected chi connectivity index (χ1v) is 11.9. The number of carbonyl (C=O) groups excluding carboxylic acids is 1. The first-order chi connectivity index (χ1) is 17.6. The van der Waals surface area contributed by atoms with Crippen molar-refractivity contribution in [3.05, 3.63) is 71.4 Å². The van der Waals surface area contributed by atoms with Gasteiger partial charge in [0.2, 0.25) is 0 Å². The zero-order chi connectivity index (χ0) is 24.6. The van der Waals surface area contributed by atoms with E-state index in [1.165, 1.54) is 18.9 Å². The average Bonchev–Trinajstić information content (AvgIpc) is 3.59. The number of ether oxygens (including phenoxy) is 2. The van der Waals surface area contributed by atoms with Crippen LogP contribution in [-0.4, -0.2) is 39.1 Å². The Morgan fingerprint density at radius 2 is 2.17 bits per heavy atom. The van der Waals surface area contributed by atoms with Crippen molar-refractivity contribution in [2.45, 2.75) is 32.4 Å². The number of halogens is 1. The van der Waals surface area contributed by atoms with Crippen LogP contribution in [-0.2, 0) is 26.0 Å². The Balaban J connectivity index is 1.41. The second kappa shape index (κ2) is 9.03. The van der Waals surface area contributed by atoms with Crippen LogP contribution in [0.25, 0.3) is 11.3 Å². The molecule has 5 heterocycles. The third-order valence-corrected chi connectivity index (χ3v) is 6.66. The lowest BCUT2D eigenvalue weighted by Gasteiger charge is -2.17. The third kappa shape index (κ3) is 3.74. The SMILES string of the molecule is COc1c(F)cccc1Nc1c(-c2ccncc2OCc2ncn3c2CCC3)[nH]c2c1C(=O)NCC2. The van der Waals surface area contributed by atoms with Crippen LogP contribution < -0.4 is 20.1 Å². The predicted molar refractivity (Wildman–Crippen MR) is 131 cm³/mol. The normalized spacial score (nSPS) is 14.2. The van der Waals surface area contributed by atoms with Gasteiger partial charge >= 0.3 is 0 Å². The monoisotopic (exact) mass is 488 g/mol. The van der Waals surface area contributed by atoms with E-state index in [0.29, 0.717) is 48.0 Å². The summed E-state index contributed by atoms with van der Waals surface area (Å²) in [6.45, 7) is 1.82. The first-order valence-electron chi connectivity index (χ1n) is 11.9. The second-order valence-corrected chi connectivity index (χ2v) is 8.78. The van der Waals surface area contributed by atoms with E-state index >= 15 is 0 Å². The first kappa shape index (κ1) is 22.1. The number of nitrogens with zero attached hydrogens (tertiary/aromatic N) is 3. The Morgan fingerprint density at radius 3 is 3.06 bits per heavy atom. The molecule has 0 bridgehead atoms. The van der Waals surface area contributed by atoms with Crippen molar-refractivity contribution in [3.8, 4) is 22.8 Å². The van der Waals surface area contributed by atoms with E-state index in [9.17, 15) is 9.18 Å².